The summed E-state index contributed by atoms with van der Waals surface area (Å²) >= 11 is 0. The quantitative estimate of drug-likeness (QED) is 0.788. The van der Waals surface area contributed by atoms with Gasteiger partial charge in [-0.15, -0.1) is 0 Å². The molecule has 1 N–H and O–H groups in total. The van der Waals surface area contributed by atoms with Gasteiger partial charge in [-0.1, -0.05) is 36.4 Å². The topological polar surface area (TPSA) is 37.3 Å². The maximum Gasteiger partial charge on any atom is 0.335 e. The maximum atomic E-state index is 10.8. The Morgan fingerprint density at radius 3 is 2.37 bits per heavy atom. The molecule has 1 aromatic rings. The first-order valence-electron chi connectivity index (χ1n) is 6.92. The average Bonchev–Trinajstić information content (AvgIpc) is 2.45. The molecule has 0 bridgehead atoms. The summed E-state index contributed by atoms with van der Waals surface area (Å²) in [6, 6.07) is 7.23. The Hall–Kier alpha value is -1.83. The van der Waals surface area contributed by atoms with Gasteiger partial charge in [0.1, 0.15) is 0 Å². The summed E-state index contributed by atoms with van der Waals surface area (Å²) in [5.74, 6) is -0.509. The van der Waals surface area contributed by atoms with Crippen molar-refractivity contribution in [3.8, 4) is 0 Å². The number of benzene rings is 1. The van der Waals surface area contributed by atoms with Gasteiger partial charge in [0.25, 0.3) is 0 Å². The lowest BCUT2D eigenvalue weighted by atomic mass is 9.93. The van der Waals surface area contributed by atoms with Crippen LogP contribution >= 0.6 is 0 Å². The van der Waals surface area contributed by atoms with Crippen molar-refractivity contribution in [1.29, 1.82) is 0 Å². The molecule has 1 aliphatic rings. The number of carboxylic acid groups (broad SMARTS) is 1. The molecule has 19 heavy (non-hydrogen) atoms. The van der Waals surface area contributed by atoms with Crippen LogP contribution in [0.5, 0.6) is 0 Å². The van der Waals surface area contributed by atoms with E-state index in [2.05, 4.69) is 24.3 Å². The Balaban J connectivity index is 2.14. The van der Waals surface area contributed by atoms with Gasteiger partial charge in [0.2, 0.25) is 0 Å². The molecule has 1 aromatic carbocycles. The summed E-state index contributed by atoms with van der Waals surface area (Å²) in [4.78, 5) is 10.8. The molecule has 0 heterocycles. The highest BCUT2D eigenvalue weighted by Gasteiger charge is 2.08. The fourth-order valence-electron chi connectivity index (χ4n) is 2.34. The van der Waals surface area contributed by atoms with E-state index in [4.69, 9.17) is 5.11 Å². The normalized spacial score (nSPS) is 23.5. The molecule has 0 aliphatic heterocycles. The predicted octanol–water partition coefficient (Wildman–Crippen LogP) is 4.54. The van der Waals surface area contributed by atoms with E-state index in [9.17, 15) is 4.79 Å². The van der Waals surface area contributed by atoms with Crippen LogP contribution in [0.25, 0.3) is 0 Å². The first-order valence-corrected chi connectivity index (χ1v) is 6.92. The Morgan fingerprint density at radius 2 is 1.68 bits per heavy atom. The molecule has 0 spiro atoms. The molecule has 0 aromatic heterocycles. The average molecular weight is 256 g/mol. The molecule has 2 nitrogen and oxygen atoms in total. The second kappa shape index (κ2) is 6.93. The summed E-state index contributed by atoms with van der Waals surface area (Å²) in [6.45, 7) is 0. The molecule has 0 radical (unpaired) electrons. The fraction of sp³-hybridized carbons (Fsp3) is 0.353. The number of aromatic carboxylic acids is 1. The summed E-state index contributed by atoms with van der Waals surface area (Å²) < 4.78 is 0. The van der Waals surface area contributed by atoms with Crippen LogP contribution in [0.4, 0.5) is 0 Å². The number of rotatable bonds is 2. The maximum absolute atomic E-state index is 10.8. The highest BCUT2D eigenvalue weighted by Crippen LogP contribution is 2.24. The third-order valence-corrected chi connectivity index (χ3v) is 3.50. The van der Waals surface area contributed by atoms with Gasteiger partial charge in [-0.05, 0) is 49.8 Å². The van der Waals surface area contributed by atoms with Crippen LogP contribution < -0.4 is 0 Å². The van der Waals surface area contributed by atoms with E-state index in [0.717, 1.165) is 12.8 Å². The smallest absolute Gasteiger partial charge is 0.335 e. The summed E-state index contributed by atoms with van der Waals surface area (Å²) in [5.41, 5.74) is 1.54. The Labute approximate surface area is 114 Å². The van der Waals surface area contributed by atoms with Crippen LogP contribution in [0.2, 0.25) is 0 Å². The van der Waals surface area contributed by atoms with Crippen molar-refractivity contribution in [1.82, 2.24) is 0 Å². The molecule has 1 atom stereocenters. The molecule has 1 unspecified atom stereocenters. The van der Waals surface area contributed by atoms with Gasteiger partial charge >= 0.3 is 5.97 Å². The Morgan fingerprint density at radius 1 is 1.00 bits per heavy atom. The molecule has 100 valence electrons. The first-order chi connectivity index (χ1) is 9.27. The molecule has 0 saturated heterocycles. The zero-order valence-corrected chi connectivity index (χ0v) is 11.1. The van der Waals surface area contributed by atoms with Gasteiger partial charge in [-0.2, -0.15) is 0 Å². The number of hydrogen-bond donors (Lipinski definition) is 1. The van der Waals surface area contributed by atoms with E-state index >= 15 is 0 Å². The lowest BCUT2D eigenvalue weighted by Crippen LogP contribution is -1.99. The van der Waals surface area contributed by atoms with Crippen LogP contribution in [0, 0.1) is 0 Å². The minimum absolute atomic E-state index is 0.350. The monoisotopic (exact) mass is 256 g/mol. The number of allylic oxidation sites excluding steroid dienone is 4. The molecular weight excluding hydrogens is 236 g/mol. The minimum atomic E-state index is -0.868. The fourth-order valence-corrected chi connectivity index (χ4v) is 2.34. The molecule has 0 saturated carbocycles. The third-order valence-electron chi connectivity index (χ3n) is 3.50. The zero-order chi connectivity index (χ0) is 13.5. The van der Waals surface area contributed by atoms with Gasteiger partial charge in [0, 0.05) is 5.92 Å². The van der Waals surface area contributed by atoms with Crippen molar-refractivity contribution in [3.05, 3.63) is 59.7 Å². The highest BCUT2D eigenvalue weighted by molar-refractivity contribution is 5.87. The van der Waals surface area contributed by atoms with Gasteiger partial charge in [0.15, 0.2) is 0 Å². The summed E-state index contributed by atoms with van der Waals surface area (Å²) in [7, 11) is 0. The van der Waals surface area contributed by atoms with E-state index in [1.165, 1.54) is 24.8 Å². The van der Waals surface area contributed by atoms with Crippen molar-refractivity contribution >= 4 is 5.97 Å². The van der Waals surface area contributed by atoms with Gasteiger partial charge in [-0.25, -0.2) is 4.79 Å². The standard InChI is InChI=1S/C17H20O2/c18-17(19)16-12-10-15(11-13-16)14-8-6-4-2-1-3-5-7-9-14/h4,6-7,9-14H,1-3,5,8H2,(H,18,19)/b6-4-,9-7-. The third kappa shape index (κ3) is 4.09. The predicted molar refractivity (Wildman–Crippen MR) is 77.5 cm³/mol. The van der Waals surface area contributed by atoms with Crippen LogP contribution in [-0.4, -0.2) is 11.1 Å². The summed E-state index contributed by atoms with van der Waals surface area (Å²) in [5, 5.41) is 8.91. The van der Waals surface area contributed by atoms with E-state index in [0.29, 0.717) is 11.5 Å². The van der Waals surface area contributed by atoms with E-state index in [-0.39, 0.29) is 0 Å². The second-order valence-corrected chi connectivity index (χ2v) is 4.95. The summed E-state index contributed by atoms with van der Waals surface area (Å²) in [6.07, 6.45) is 14.8. The van der Waals surface area contributed by atoms with Crippen molar-refractivity contribution in [3.63, 3.8) is 0 Å². The van der Waals surface area contributed by atoms with Crippen molar-refractivity contribution in [2.75, 3.05) is 0 Å². The van der Waals surface area contributed by atoms with E-state index in [1.807, 2.05) is 12.1 Å². The highest BCUT2D eigenvalue weighted by atomic mass is 16.4. The molecular formula is C17H20O2. The largest absolute Gasteiger partial charge is 0.478 e. The van der Waals surface area contributed by atoms with Crippen molar-refractivity contribution in [2.45, 2.75) is 38.0 Å². The Kier molecular flexibility index (Phi) is 4.96. The SMILES string of the molecule is O=C(O)c1ccc(C2/C=C\CCCC/C=C\C2)cc1. The molecule has 2 heteroatoms. The molecule has 1 aliphatic carbocycles. The van der Waals surface area contributed by atoms with Crippen LogP contribution in [0.1, 0.15) is 53.9 Å². The van der Waals surface area contributed by atoms with Gasteiger partial charge in [-0.3, -0.25) is 0 Å². The zero-order valence-electron chi connectivity index (χ0n) is 11.1. The minimum Gasteiger partial charge on any atom is -0.478 e. The van der Waals surface area contributed by atoms with Gasteiger partial charge < -0.3 is 5.11 Å². The second-order valence-electron chi connectivity index (χ2n) is 4.95. The van der Waals surface area contributed by atoms with Crippen LogP contribution in [0.3, 0.4) is 0 Å². The Bertz CT molecular complexity index is 469. The first kappa shape index (κ1) is 13.6. The van der Waals surface area contributed by atoms with Crippen molar-refractivity contribution in [2.24, 2.45) is 0 Å². The lowest BCUT2D eigenvalue weighted by molar-refractivity contribution is 0.0697. The number of hydrogen-bond acceptors (Lipinski definition) is 1. The molecule has 0 fully saturated rings. The van der Waals surface area contributed by atoms with Crippen molar-refractivity contribution < 1.29 is 9.90 Å². The van der Waals surface area contributed by atoms with E-state index in [1.54, 1.807) is 12.1 Å². The van der Waals surface area contributed by atoms with Crippen LogP contribution in [-0.2, 0) is 0 Å². The van der Waals surface area contributed by atoms with Crippen LogP contribution in [0.15, 0.2) is 48.6 Å². The number of carboxylic acids is 1. The van der Waals surface area contributed by atoms with E-state index < -0.39 is 5.97 Å². The van der Waals surface area contributed by atoms with Gasteiger partial charge in [0.05, 0.1) is 5.56 Å². The lowest BCUT2D eigenvalue weighted by Gasteiger charge is -2.12. The molecule has 2 rings (SSSR count). The molecule has 0 amide bonds. The number of carbonyl (C=O) groups is 1.